The third-order valence-electron chi connectivity index (χ3n) is 4.70. The van der Waals surface area contributed by atoms with E-state index in [9.17, 15) is 9.59 Å². The van der Waals surface area contributed by atoms with Crippen LogP contribution in [0.5, 0.6) is 11.5 Å². The maximum atomic E-state index is 11.8. The molecule has 2 aromatic rings. The quantitative estimate of drug-likeness (QED) is 0.183. The molecule has 0 unspecified atom stereocenters. The second-order valence-electron chi connectivity index (χ2n) is 8.86. The van der Waals surface area contributed by atoms with Crippen molar-refractivity contribution in [3.8, 4) is 11.5 Å². The normalized spacial score (nSPS) is 11.6. The Hall–Kier alpha value is -3.55. The molecule has 1 amide bonds. The van der Waals surface area contributed by atoms with Gasteiger partial charge in [0, 0.05) is 5.56 Å². The number of carbonyl (C=O) groups is 2. The van der Waals surface area contributed by atoms with Gasteiger partial charge in [-0.25, -0.2) is 9.59 Å². The van der Waals surface area contributed by atoms with E-state index in [0.717, 1.165) is 37.2 Å². The highest BCUT2D eigenvalue weighted by Gasteiger charge is 2.16. The number of hydrogen-bond acceptors (Lipinski definition) is 6. The van der Waals surface area contributed by atoms with E-state index in [1.807, 2.05) is 0 Å². The van der Waals surface area contributed by atoms with E-state index in [1.165, 1.54) is 0 Å². The zero-order valence-corrected chi connectivity index (χ0v) is 21.0. The van der Waals surface area contributed by atoms with Gasteiger partial charge in [-0.05, 0) is 102 Å². The van der Waals surface area contributed by atoms with Crippen LogP contribution >= 0.6 is 0 Å². The summed E-state index contributed by atoms with van der Waals surface area (Å²) in [7, 11) is 0. The van der Waals surface area contributed by atoms with Gasteiger partial charge in [0.15, 0.2) is 0 Å². The molecule has 0 heterocycles. The van der Waals surface area contributed by atoms with Gasteiger partial charge in [0.1, 0.15) is 22.9 Å². The molecule has 0 aliphatic carbocycles. The minimum absolute atomic E-state index is 0.1000. The molecule has 35 heavy (non-hydrogen) atoms. The SMILES string of the molecule is CCOC(=O)c1ccc(OCCCCCCOc2ccc(/C(N)=N/C(=O)OC(C)(C)C)cc2)cc1. The molecule has 0 aromatic heterocycles. The number of nitrogens with two attached hydrogens (primary N) is 1. The van der Waals surface area contributed by atoms with E-state index in [1.54, 1.807) is 76.2 Å². The second kappa shape index (κ2) is 14.0. The molecule has 0 saturated heterocycles. The maximum Gasteiger partial charge on any atom is 0.436 e. The van der Waals surface area contributed by atoms with Crippen molar-refractivity contribution in [3.05, 3.63) is 59.7 Å². The number of ether oxygens (including phenoxy) is 4. The minimum Gasteiger partial charge on any atom is -0.494 e. The van der Waals surface area contributed by atoms with Crippen LogP contribution in [0.3, 0.4) is 0 Å². The molecule has 0 bridgehead atoms. The van der Waals surface area contributed by atoms with Gasteiger partial charge in [-0.1, -0.05) is 0 Å². The van der Waals surface area contributed by atoms with Gasteiger partial charge < -0.3 is 24.7 Å². The summed E-state index contributed by atoms with van der Waals surface area (Å²) in [5.74, 6) is 1.24. The molecule has 0 aliphatic rings. The summed E-state index contributed by atoms with van der Waals surface area (Å²) in [4.78, 5) is 27.2. The van der Waals surface area contributed by atoms with E-state index >= 15 is 0 Å². The predicted molar refractivity (Wildman–Crippen MR) is 135 cm³/mol. The van der Waals surface area contributed by atoms with Gasteiger partial charge in [0.05, 0.1) is 25.4 Å². The lowest BCUT2D eigenvalue weighted by molar-refractivity contribution is 0.0525. The molecule has 2 N–H and O–H groups in total. The van der Waals surface area contributed by atoms with Crippen LogP contribution in [0.1, 0.15) is 69.3 Å². The molecule has 2 rings (SSSR count). The third-order valence-corrected chi connectivity index (χ3v) is 4.70. The number of esters is 1. The molecule has 0 spiro atoms. The number of unbranched alkanes of at least 4 members (excludes halogenated alkanes) is 3. The summed E-state index contributed by atoms with van der Waals surface area (Å²) in [6, 6.07) is 14.1. The van der Waals surface area contributed by atoms with Crippen LogP contribution in [-0.4, -0.2) is 43.3 Å². The highest BCUT2D eigenvalue weighted by Crippen LogP contribution is 2.15. The van der Waals surface area contributed by atoms with E-state index in [0.29, 0.717) is 30.9 Å². The Kier molecular flexibility index (Phi) is 11.1. The Morgan fingerprint density at radius 2 is 1.29 bits per heavy atom. The Morgan fingerprint density at radius 1 is 0.800 bits per heavy atom. The molecule has 0 saturated carbocycles. The van der Waals surface area contributed by atoms with Gasteiger partial charge >= 0.3 is 12.1 Å². The van der Waals surface area contributed by atoms with Crippen LogP contribution in [0, 0.1) is 0 Å². The predicted octanol–water partition coefficient (Wildman–Crippen LogP) is 5.52. The van der Waals surface area contributed by atoms with Crippen molar-refractivity contribution in [1.29, 1.82) is 0 Å². The Bertz CT molecular complexity index is 963. The topological polar surface area (TPSA) is 109 Å². The fraction of sp³-hybridized carbons (Fsp3) is 0.444. The fourth-order valence-corrected chi connectivity index (χ4v) is 3.01. The zero-order chi connectivity index (χ0) is 25.7. The average Bonchev–Trinajstić information content (AvgIpc) is 2.80. The lowest BCUT2D eigenvalue weighted by Gasteiger charge is -2.17. The lowest BCUT2D eigenvalue weighted by Crippen LogP contribution is -2.24. The first-order valence-corrected chi connectivity index (χ1v) is 11.9. The molecule has 0 atom stereocenters. The minimum atomic E-state index is -0.715. The van der Waals surface area contributed by atoms with Gasteiger partial charge in [0.2, 0.25) is 0 Å². The summed E-state index contributed by atoms with van der Waals surface area (Å²) >= 11 is 0. The Balaban J connectivity index is 1.60. The number of nitrogens with zero attached hydrogens (tertiary/aromatic N) is 1. The van der Waals surface area contributed by atoms with Crippen molar-refractivity contribution in [2.45, 2.75) is 59.0 Å². The summed E-state index contributed by atoms with van der Waals surface area (Å²) in [5.41, 5.74) is 6.41. The van der Waals surface area contributed by atoms with Crippen LogP contribution < -0.4 is 15.2 Å². The summed E-state index contributed by atoms with van der Waals surface area (Å²) in [5, 5.41) is 0. The maximum absolute atomic E-state index is 11.8. The number of carbonyl (C=O) groups excluding carboxylic acids is 2. The highest BCUT2D eigenvalue weighted by molar-refractivity contribution is 6.02. The summed E-state index contributed by atoms with van der Waals surface area (Å²) < 4.78 is 21.6. The number of rotatable bonds is 12. The molecule has 190 valence electrons. The lowest BCUT2D eigenvalue weighted by atomic mass is 10.2. The second-order valence-corrected chi connectivity index (χ2v) is 8.86. The number of amides is 1. The molecule has 8 heteroatoms. The van der Waals surface area contributed by atoms with Crippen LogP contribution in [0.2, 0.25) is 0 Å². The van der Waals surface area contributed by atoms with Crippen molar-refractivity contribution in [2.75, 3.05) is 19.8 Å². The molecule has 0 radical (unpaired) electrons. The fourth-order valence-electron chi connectivity index (χ4n) is 3.01. The van der Waals surface area contributed by atoms with E-state index in [2.05, 4.69) is 4.99 Å². The average molecular weight is 485 g/mol. The third kappa shape index (κ3) is 10.9. The van der Waals surface area contributed by atoms with E-state index < -0.39 is 11.7 Å². The first-order valence-electron chi connectivity index (χ1n) is 11.9. The standard InChI is InChI=1S/C27H36N2O6/c1-5-32-25(30)21-12-16-23(17-13-21)34-19-9-7-6-8-18-33-22-14-10-20(11-15-22)24(28)29-26(31)35-27(2,3)4/h10-17H,5-9,18-19H2,1-4H3,(H2,28,29,31). The number of benzene rings is 2. The van der Waals surface area contributed by atoms with Gasteiger partial charge in [-0.15, -0.1) is 0 Å². The Labute approximate surface area is 207 Å². The first-order chi connectivity index (χ1) is 16.7. The molecule has 0 aliphatic heterocycles. The first kappa shape index (κ1) is 27.7. The van der Waals surface area contributed by atoms with Crippen LogP contribution in [0.15, 0.2) is 53.5 Å². The van der Waals surface area contributed by atoms with Crippen molar-refractivity contribution < 1.29 is 28.5 Å². The van der Waals surface area contributed by atoms with Crippen LogP contribution in [0.25, 0.3) is 0 Å². The molecule has 0 fully saturated rings. The molecule has 2 aromatic carbocycles. The molecule has 8 nitrogen and oxygen atoms in total. The van der Waals surface area contributed by atoms with E-state index in [-0.39, 0.29) is 11.8 Å². The monoisotopic (exact) mass is 484 g/mol. The van der Waals surface area contributed by atoms with Crippen LogP contribution in [-0.2, 0) is 9.47 Å². The van der Waals surface area contributed by atoms with Crippen molar-refractivity contribution in [3.63, 3.8) is 0 Å². The summed E-state index contributed by atoms with van der Waals surface area (Å²) in [6.45, 7) is 8.67. The van der Waals surface area contributed by atoms with Crippen molar-refractivity contribution in [1.82, 2.24) is 0 Å². The molecular weight excluding hydrogens is 448 g/mol. The van der Waals surface area contributed by atoms with Gasteiger partial charge in [-0.2, -0.15) is 4.99 Å². The number of amidine groups is 1. The Morgan fingerprint density at radius 3 is 1.74 bits per heavy atom. The zero-order valence-electron chi connectivity index (χ0n) is 21.0. The highest BCUT2D eigenvalue weighted by atomic mass is 16.6. The molecular formula is C27H36N2O6. The van der Waals surface area contributed by atoms with Crippen molar-refractivity contribution >= 4 is 17.9 Å². The summed E-state index contributed by atoms with van der Waals surface area (Å²) in [6.07, 6.45) is 3.20. The number of aliphatic imine (C=N–C) groups is 1. The smallest absolute Gasteiger partial charge is 0.436 e. The van der Waals surface area contributed by atoms with Gasteiger partial charge in [-0.3, -0.25) is 0 Å². The van der Waals surface area contributed by atoms with E-state index in [4.69, 9.17) is 24.7 Å². The van der Waals surface area contributed by atoms with Crippen molar-refractivity contribution in [2.24, 2.45) is 10.7 Å². The largest absolute Gasteiger partial charge is 0.494 e. The van der Waals surface area contributed by atoms with Gasteiger partial charge in [0.25, 0.3) is 0 Å². The number of hydrogen-bond donors (Lipinski definition) is 1. The van der Waals surface area contributed by atoms with Crippen LogP contribution in [0.4, 0.5) is 4.79 Å².